The Labute approximate surface area is 585 Å². The molecule has 11 nitrogen and oxygen atoms in total. The van der Waals surface area contributed by atoms with E-state index in [0.717, 1.165) is 59.1 Å². The second-order valence-electron chi connectivity index (χ2n) is 31.1. The van der Waals surface area contributed by atoms with Crippen LogP contribution in [0.25, 0.3) is 0 Å². The second kappa shape index (κ2) is 36.6. The molecular weight excluding hydrogens is 1210 g/mol. The fourth-order valence-electron chi connectivity index (χ4n) is 12.4. The van der Waals surface area contributed by atoms with Gasteiger partial charge >= 0.3 is 12.3 Å². The highest BCUT2D eigenvalue weighted by Gasteiger charge is 2.34. The van der Waals surface area contributed by atoms with Gasteiger partial charge in [0.05, 0.1) is 12.2 Å². The monoisotopic (exact) mass is 1330 g/mol. The van der Waals surface area contributed by atoms with Gasteiger partial charge in [-0.25, -0.2) is 9.59 Å². The van der Waals surface area contributed by atoms with Gasteiger partial charge in [0.25, 0.3) is 0 Å². The zero-order valence-corrected chi connectivity index (χ0v) is 63.6. The summed E-state index contributed by atoms with van der Waals surface area (Å²) in [5.41, 5.74) is 10.4. The van der Waals surface area contributed by atoms with Gasteiger partial charge < -0.3 is 38.3 Å². The molecule has 0 heterocycles. The van der Waals surface area contributed by atoms with Crippen molar-refractivity contribution in [2.75, 3.05) is 0 Å². The molecule has 0 saturated heterocycles. The molecule has 3 aliphatic carbocycles. The van der Waals surface area contributed by atoms with Crippen molar-refractivity contribution in [3.63, 3.8) is 0 Å². The Bertz CT molecular complexity index is 3430. The predicted molar refractivity (Wildman–Crippen MR) is 398 cm³/mol. The van der Waals surface area contributed by atoms with Gasteiger partial charge in [-0.1, -0.05) is 155 Å². The van der Waals surface area contributed by atoms with Crippen molar-refractivity contribution >= 4 is 18.1 Å². The lowest BCUT2D eigenvalue weighted by Crippen LogP contribution is -2.38. The Kier molecular flexibility index (Phi) is 30.4. The van der Waals surface area contributed by atoms with Crippen LogP contribution in [0.1, 0.15) is 307 Å². The highest BCUT2D eigenvalue weighted by atomic mass is 16.7. The number of rotatable bonds is 17. The van der Waals surface area contributed by atoms with Crippen LogP contribution in [-0.2, 0) is 28.9 Å². The highest BCUT2D eigenvalue weighted by Crippen LogP contribution is 2.42. The zero-order valence-electron chi connectivity index (χ0n) is 63.6. The Morgan fingerprint density at radius 3 is 1.44 bits per heavy atom. The van der Waals surface area contributed by atoms with Crippen LogP contribution in [0.3, 0.4) is 0 Å². The summed E-state index contributed by atoms with van der Waals surface area (Å²) in [5.74, 6) is 8.31. The minimum absolute atomic E-state index is 0.00111. The van der Waals surface area contributed by atoms with Crippen molar-refractivity contribution < 1.29 is 52.6 Å². The van der Waals surface area contributed by atoms with Crippen molar-refractivity contribution in [3.05, 3.63) is 183 Å². The Morgan fingerprint density at radius 1 is 0.485 bits per heavy atom. The number of carbonyl (C=O) groups is 3. The Morgan fingerprint density at radius 2 is 0.948 bits per heavy atom. The molecule has 1 N–H and O–H groups in total. The van der Waals surface area contributed by atoms with Crippen molar-refractivity contribution in [3.8, 4) is 28.7 Å². The van der Waals surface area contributed by atoms with Gasteiger partial charge in [-0.3, -0.25) is 4.79 Å². The summed E-state index contributed by atoms with van der Waals surface area (Å²) in [5, 5.41) is 9.60. The molecule has 1 saturated carbocycles. The van der Waals surface area contributed by atoms with E-state index in [0.29, 0.717) is 52.7 Å². The molecule has 97 heavy (non-hydrogen) atoms. The fraction of sp³-hybridized carbons (Fsp3) is 0.547. The third-order valence-electron chi connectivity index (χ3n) is 19.2. The summed E-state index contributed by atoms with van der Waals surface area (Å²) in [6.45, 7) is 47.2. The summed E-state index contributed by atoms with van der Waals surface area (Å²) in [6, 6.07) is 42.6. The molecule has 0 aliphatic heterocycles. The third kappa shape index (κ3) is 25.9. The van der Waals surface area contributed by atoms with Gasteiger partial charge in [0.2, 0.25) is 0 Å². The summed E-state index contributed by atoms with van der Waals surface area (Å²) in [4.78, 5) is 35.1. The molecule has 11 heteroatoms. The number of benzene rings is 6. The average molecular weight is 1330 g/mol. The van der Waals surface area contributed by atoms with E-state index in [1.54, 1.807) is 32.9 Å². The molecule has 8 atom stereocenters. The van der Waals surface area contributed by atoms with E-state index >= 15 is 0 Å². The lowest BCUT2D eigenvalue weighted by molar-refractivity contribution is 0.0192. The largest absolute Gasteiger partial charge is 0.514 e. The fourth-order valence-corrected chi connectivity index (χ4v) is 12.4. The predicted octanol–water partition coefficient (Wildman–Crippen LogP) is 23.9. The van der Waals surface area contributed by atoms with Crippen molar-refractivity contribution in [1.82, 2.24) is 0 Å². The normalized spacial score (nSPS) is 17.9. The first-order valence-corrected chi connectivity index (χ1v) is 36.1. The molecule has 0 radical (unpaired) electrons. The standard InChI is InChI=1S/C20H30O.C19H24O2.C17H24O4.C16H22O3.C14H22O/c1-14-12-16-13-18(10-11-19(16)15(14)2)21-20(3,4)17-8-6-5-7-9-17;1-4-14(2)17-10-11-19(18(12-17)13-20)21-15(3)16-8-6-5-7-9-16;1-7-11(2)13-8-9-15(14(10-13)12(3)18)20-16(19)21-17(4,5)6;1-10-8-12-9-13(6-7-14(12)11(10)2)18-15(17)19-16(3,4)5;1-6-11(2)12-8-7-9-13(10-12)15-14(3,4)5/h10-11,13-15,17H,5-9,12H2,1-4H3;5-12,14-15,20H,4,13H2,1-3H3;8-11H,7H2,1-6H3;6-7,9-11H,8H2,1-5H3;7-11H,6H2,1-5H3. The molecule has 6 aromatic carbocycles. The smallest absolute Gasteiger partial charge is 0.488 e. The quantitative estimate of drug-likeness (QED) is 0.0531. The van der Waals surface area contributed by atoms with Crippen LogP contribution in [0, 0.1) is 17.8 Å². The number of hydrogen-bond donors (Lipinski definition) is 1. The van der Waals surface area contributed by atoms with E-state index in [9.17, 15) is 19.5 Å². The average Bonchev–Trinajstić information content (AvgIpc) is 1.74. The van der Waals surface area contributed by atoms with Crippen LogP contribution in [0.4, 0.5) is 9.59 Å². The van der Waals surface area contributed by atoms with E-state index in [4.69, 9.17) is 33.2 Å². The van der Waals surface area contributed by atoms with Gasteiger partial charge in [-0.05, 0) is 287 Å². The Balaban J connectivity index is 0.000000220. The minimum Gasteiger partial charge on any atom is -0.488 e. The summed E-state index contributed by atoms with van der Waals surface area (Å²) < 4.78 is 38.9. The molecule has 532 valence electrons. The van der Waals surface area contributed by atoms with Crippen molar-refractivity contribution in [1.29, 1.82) is 0 Å². The zero-order chi connectivity index (χ0) is 72.2. The number of Topliss-reactive ketones (excluding diaryl/α,β-unsaturated/α-hetero) is 1. The van der Waals surface area contributed by atoms with Gasteiger partial charge in [-0.2, -0.15) is 0 Å². The molecule has 0 aromatic heterocycles. The number of aliphatic hydroxyl groups is 1. The number of aliphatic hydroxyl groups excluding tert-OH is 1. The van der Waals surface area contributed by atoms with E-state index in [-0.39, 0.29) is 35.4 Å². The number of hydrogen-bond acceptors (Lipinski definition) is 11. The molecule has 9 rings (SSSR count). The third-order valence-corrected chi connectivity index (χ3v) is 19.2. The molecule has 0 amide bonds. The SMILES string of the molecule is CC1Cc2cc(OC(=O)OC(C)(C)C)ccc2C1C.CC1Cc2cc(OC(C)(C)C3CCCCC3)ccc2C1C.CCC(C)c1ccc(OC(=O)OC(C)(C)C)c(C(C)=O)c1.CCC(C)c1ccc(OC(C)c2ccccc2)c(CO)c1.CCC(C)c1cccc(OC(C)(C)C)c1. The van der Waals surface area contributed by atoms with Crippen molar-refractivity contribution in [2.45, 2.75) is 288 Å². The first kappa shape index (κ1) is 80.6. The maximum Gasteiger partial charge on any atom is 0.514 e. The summed E-state index contributed by atoms with van der Waals surface area (Å²) in [7, 11) is 0. The van der Waals surface area contributed by atoms with E-state index in [2.05, 4.69) is 171 Å². The topological polar surface area (TPSA) is 136 Å². The first-order chi connectivity index (χ1) is 45.4. The van der Waals surface area contributed by atoms with Crippen LogP contribution in [-0.4, -0.2) is 45.6 Å². The molecule has 1 fully saturated rings. The van der Waals surface area contributed by atoms with Gasteiger partial charge in [0.1, 0.15) is 57.3 Å². The first-order valence-electron chi connectivity index (χ1n) is 36.1. The van der Waals surface area contributed by atoms with Gasteiger partial charge in [-0.15, -0.1) is 0 Å². The van der Waals surface area contributed by atoms with Gasteiger partial charge in [0.15, 0.2) is 5.78 Å². The van der Waals surface area contributed by atoms with Gasteiger partial charge in [0, 0.05) is 5.56 Å². The van der Waals surface area contributed by atoms with E-state index < -0.39 is 23.5 Å². The van der Waals surface area contributed by atoms with E-state index in [1.807, 2.05) is 76.2 Å². The number of ether oxygens (including phenoxy) is 7. The van der Waals surface area contributed by atoms with Crippen LogP contribution in [0.5, 0.6) is 28.7 Å². The lowest BCUT2D eigenvalue weighted by Gasteiger charge is -2.37. The highest BCUT2D eigenvalue weighted by molar-refractivity contribution is 5.97. The van der Waals surface area contributed by atoms with Crippen LogP contribution in [0.15, 0.2) is 127 Å². The molecule has 8 unspecified atom stereocenters. The number of carbonyl (C=O) groups excluding carboxylic acids is 3. The summed E-state index contributed by atoms with van der Waals surface area (Å²) in [6.07, 6.45) is 10.8. The van der Waals surface area contributed by atoms with Crippen LogP contribution in [0.2, 0.25) is 0 Å². The minimum atomic E-state index is -0.804. The van der Waals surface area contributed by atoms with Crippen LogP contribution >= 0.6 is 0 Å². The molecule has 6 aromatic rings. The maximum absolute atomic E-state index is 11.8. The molecule has 3 aliphatic rings. The molecule has 0 bridgehead atoms. The second-order valence-corrected chi connectivity index (χ2v) is 31.1. The van der Waals surface area contributed by atoms with E-state index in [1.165, 1.54) is 85.3 Å². The number of ketones is 1. The molecular formula is C86H122O11. The van der Waals surface area contributed by atoms with Crippen molar-refractivity contribution in [2.24, 2.45) is 17.8 Å². The lowest BCUT2D eigenvalue weighted by atomic mass is 9.79. The van der Waals surface area contributed by atoms with Crippen LogP contribution < -0.4 is 23.7 Å². The summed E-state index contributed by atoms with van der Waals surface area (Å²) >= 11 is 0. The maximum atomic E-state index is 11.8. The Hall–Kier alpha value is -7.11. The molecule has 0 spiro atoms. The number of fused-ring (bicyclic) bond motifs is 2.